The highest BCUT2D eigenvalue weighted by Gasteiger charge is 2.25. The van der Waals surface area contributed by atoms with E-state index in [0.717, 1.165) is 42.6 Å². The Balaban J connectivity index is 1.24. The third-order valence-electron chi connectivity index (χ3n) is 5.38. The largest absolute Gasteiger partial charge is 0.454 e. The van der Waals surface area contributed by atoms with Gasteiger partial charge in [-0.1, -0.05) is 6.07 Å². The molecule has 1 fully saturated rings. The number of likely N-dealkylation sites (tertiary alicyclic amines) is 1. The van der Waals surface area contributed by atoms with Gasteiger partial charge in [0, 0.05) is 43.5 Å². The van der Waals surface area contributed by atoms with E-state index < -0.39 is 10.8 Å². The summed E-state index contributed by atoms with van der Waals surface area (Å²) >= 11 is 0. The minimum Gasteiger partial charge on any atom is -0.454 e. The minimum atomic E-state index is -0.641. The van der Waals surface area contributed by atoms with Crippen molar-refractivity contribution < 1.29 is 24.0 Å². The smallest absolute Gasteiger partial charge is 0.270 e. The molecule has 2 aromatic rings. The molecule has 2 aliphatic heterocycles. The number of carbonyl (C=O) groups is 2. The number of nitrogens with two attached hydrogens (primary N) is 1. The molecular weight excluding hydrogens is 418 g/mol. The molecule has 0 saturated carbocycles. The van der Waals surface area contributed by atoms with E-state index in [1.54, 1.807) is 0 Å². The van der Waals surface area contributed by atoms with Gasteiger partial charge in [-0.05, 0) is 30.2 Å². The van der Waals surface area contributed by atoms with Crippen molar-refractivity contribution in [2.24, 2.45) is 0 Å². The van der Waals surface area contributed by atoms with Crippen LogP contribution in [-0.2, 0) is 11.3 Å². The summed E-state index contributed by atoms with van der Waals surface area (Å²) < 4.78 is 10.7. The van der Waals surface area contributed by atoms with Crippen molar-refractivity contribution in [3.63, 3.8) is 0 Å². The Morgan fingerprint density at radius 1 is 1.19 bits per heavy atom. The number of hydrogen-bond donors (Lipinski definition) is 3. The summed E-state index contributed by atoms with van der Waals surface area (Å²) in [5.41, 5.74) is 6.65. The van der Waals surface area contributed by atoms with Gasteiger partial charge in [0.25, 0.3) is 11.6 Å². The molecule has 2 amide bonds. The number of carbonyl (C=O) groups excluding carboxylic acids is 2. The maximum Gasteiger partial charge on any atom is 0.270 e. The van der Waals surface area contributed by atoms with Gasteiger partial charge < -0.3 is 25.8 Å². The van der Waals surface area contributed by atoms with Gasteiger partial charge in [-0.2, -0.15) is 0 Å². The van der Waals surface area contributed by atoms with Crippen LogP contribution in [0.5, 0.6) is 11.5 Å². The zero-order valence-corrected chi connectivity index (χ0v) is 17.2. The number of benzene rings is 2. The van der Waals surface area contributed by atoms with Crippen molar-refractivity contribution in [1.29, 1.82) is 0 Å². The van der Waals surface area contributed by atoms with E-state index in [1.165, 1.54) is 12.1 Å². The molecule has 0 unspecified atom stereocenters. The quantitative estimate of drug-likeness (QED) is 0.328. The lowest BCUT2D eigenvalue weighted by atomic mass is 10.1. The summed E-state index contributed by atoms with van der Waals surface area (Å²) in [7, 11) is 0. The number of nitrogens with zero attached hydrogens (tertiary/aromatic N) is 2. The average molecular weight is 441 g/mol. The van der Waals surface area contributed by atoms with Crippen LogP contribution in [0.1, 0.15) is 22.3 Å². The van der Waals surface area contributed by atoms with Gasteiger partial charge in [0.05, 0.1) is 17.0 Å². The van der Waals surface area contributed by atoms with Gasteiger partial charge in [0.1, 0.15) is 0 Å². The van der Waals surface area contributed by atoms with Crippen molar-refractivity contribution in [1.82, 2.24) is 15.5 Å². The number of nitrogens with one attached hydrogen (secondary N) is 2. The predicted octanol–water partition coefficient (Wildman–Crippen LogP) is 1.03. The van der Waals surface area contributed by atoms with E-state index in [2.05, 4.69) is 15.5 Å². The summed E-state index contributed by atoms with van der Waals surface area (Å²) in [5.74, 6) is 0.510. The average Bonchev–Trinajstić information content (AvgIpc) is 3.41. The number of ether oxygens (including phenoxy) is 2. The van der Waals surface area contributed by atoms with Crippen molar-refractivity contribution >= 4 is 23.2 Å². The molecular formula is C21H23N5O6. The Morgan fingerprint density at radius 2 is 2.00 bits per heavy atom. The first-order valence-corrected chi connectivity index (χ1v) is 10.1. The highest BCUT2D eigenvalue weighted by atomic mass is 16.7. The molecule has 11 heteroatoms. The number of nitrogen functional groups attached to an aromatic ring is 1. The fraction of sp³-hybridized carbons (Fsp3) is 0.333. The molecule has 2 aliphatic rings. The Morgan fingerprint density at radius 3 is 2.81 bits per heavy atom. The second-order valence-corrected chi connectivity index (χ2v) is 7.69. The zero-order valence-electron chi connectivity index (χ0n) is 17.2. The van der Waals surface area contributed by atoms with E-state index >= 15 is 0 Å². The number of hydrogen-bond acceptors (Lipinski definition) is 8. The fourth-order valence-electron chi connectivity index (χ4n) is 3.78. The van der Waals surface area contributed by atoms with E-state index in [0.29, 0.717) is 6.54 Å². The zero-order chi connectivity index (χ0) is 22.7. The number of rotatable bonds is 7. The van der Waals surface area contributed by atoms with Crippen LogP contribution >= 0.6 is 0 Å². The number of fused-ring (bicyclic) bond motifs is 1. The molecule has 11 nitrogen and oxygen atoms in total. The maximum absolute atomic E-state index is 12.3. The van der Waals surface area contributed by atoms with Crippen LogP contribution in [0.2, 0.25) is 0 Å². The lowest BCUT2D eigenvalue weighted by Gasteiger charge is -2.17. The van der Waals surface area contributed by atoms with Gasteiger partial charge in [-0.3, -0.25) is 24.6 Å². The van der Waals surface area contributed by atoms with Gasteiger partial charge in [-0.25, -0.2) is 0 Å². The van der Waals surface area contributed by atoms with Crippen molar-refractivity contribution in [2.75, 3.05) is 32.2 Å². The molecule has 168 valence electrons. The molecule has 0 aliphatic carbocycles. The molecule has 0 spiro atoms. The van der Waals surface area contributed by atoms with Crippen LogP contribution in [0.3, 0.4) is 0 Å². The number of nitro benzene ring substituents is 1. The van der Waals surface area contributed by atoms with E-state index in [4.69, 9.17) is 15.2 Å². The van der Waals surface area contributed by atoms with Crippen molar-refractivity contribution in [2.45, 2.75) is 19.0 Å². The van der Waals surface area contributed by atoms with Crippen LogP contribution < -0.4 is 25.8 Å². The van der Waals surface area contributed by atoms with Gasteiger partial charge >= 0.3 is 0 Å². The number of anilines is 1. The maximum atomic E-state index is 12.3. The van der Waals surface area contributed by atoms with E-state index in [1.807, 2.05) is 18.2 Å². The summed E-state index contributed by atoms with van der Waals surface area (Å²) in [6.07, 6.45) is 0.794. The number of amides is 2. The standard InChI is InChI=1S/C21H23N5O6/c22-17-3-2-15(26(29)30)8-16(17)21(28)23-9-20(27)24-14-5-6-25(11-14)10-13-1-4-18-19(7-13)32-12-31-18/h1-4,7-8,14H,5-6,9-12,22H2,(H,23,28)(H,24,27)/t14-/m1/s1. The Hall–Kier alpha value is -3.86. The Labute approximate surface area is 183 Å². The van der Waals surface area contributed by atoms with E-state index in [9.17, 15) is 19.7 Å². The summed E-state index contributed by atoms with van der Waals surface area (Å²) in [6, 6.07) is 9.42. The molecule has 1 atom stereocenters. The molecule has 32 heavy (non-hydrogen) atoms. The third kappa shape index (κ3) is 4.89. The number of nitro groups is 1. The SMILES string of the molecule is Nc1ccc([N+](=O)[O-])cc1C(=O)NCC(=O)N[C@@H]1CCN(Cc2ccc3c(c2)OCO3)C1. The molecule has 0 radical (unpaired) electrons. The molecule has 1 saturated heterocycles. The Kier molecular flexibility index (Phi) is 6.08. The van der Waals surface area contributed by atoms with Gasteiger partial charge in [0.2, 0.25) is 12.7 Å². The fourth-order valence-corrected chi connectivity index (χ4v) is 3.78. The monoisotopic (exact) mass is 441 g/mol. The topological polar surface area (TPSA) is 149 Å². The van der Waals surface area contributed by atoms with Crippen molar-refractivity contribution in [3.05, 3.63) is 57.6 Å². The normalized spacial score (nSPS) is 17.2. The Bertz CT molecular complexity index is 1060. The van der Waals surface area contributed by atoms with Crippen LogP contribution in [-0.4, -0.2) is 54.1 Å². The molecule has 0 bridgehead atoms. The van der Waals surface area contributed by atoms with Crippen LogP contribution in [0.25, 0.3) is 0 Å². The second-order valence-electron chi connectivity index (χ2n) is 7.69. The van der Waals surface area contributed by atoms with E-state index in [-0.39, 0.29) is 42.2 Å². The third-order valence-corrected chi connectivity index (χ3v) is 5.38. The number of non-ortho nitro benzene ring substituents is 1. The van der Waals surface area contributed by atoms with Crippen molar-refractivity contribution in [3.8, 4) is 11.5 Å². The highest BCUT2D eigenvalue weighted by molar-refractivity contribution is 6.01. The molecule has 2 heterocycles. The van der Waals surface area contributed by atoms with Gasteiger partial charge in [0.15, 0.2) is 11.5 Å². The van der Waals surface area contributed by atoms with Crippen LogP contribution in [0.4, 0.5) is 11.4 Å². The first-order valence-electron chi connectivity index (χ1n) is 10.1. The first-order chi connectivity index (χ1) is 15.4. The summed E-state index contributed by atoms with van der Waals surface area (Å²) in [5, 5.41) is 16.3. The predicted molar refractivity (Wildman–Crippen MR) is 114 cm³/mol. The summed E-state index contributed by atoms with van der Waals surface area (Å²) in [6.45, 7) is 2.23. The van der Waals surface area contributed by atoms with Crippen LogP contribution in [0.15, 0.2) is 36.4 Å². The molecule has 4 N–H and O–H groups in total. The summed E-state index contributed by atoms with van der Waals surface area (Å²) in [4.78, 5) is 37.1. The first kappa shape index (κ1) is 21.4. The lowest BCUT2D eigenvalue weighted by Crippen LogP contribution is -2.43. The molecule has 0 aromatic heterocycles. The lowest BCUT2D eigenvalue weighted by molar-refractivity contribution is -0.384. The van der Waals surface area contributed by atoms with Crippen LogP contribution in [0, 0.1) is 10.1 Å². The minimum absolute atomic E-state index is 0.0312. The molecule has 4 rings (SSSR count). The second kappa shape index (κ2) is 9.10. The molecule has 2 aromatic carbocycles. The van der Waals surface area contributed by atoms with Gasteiger partial charge in [-0.15, -0.1) is 0 Å². The highest BCUT2D eigenvalue weighted by Crippen LogP contribution is 2.33.